The summed E-state index contributed by atoms with van der Waals surface area (Å²) in [5.41, 5.74) is 1.66. The zero-order valence-corrected chi connectivity index (χ0v) is 13.1. The summed E-state index contributed by atoms with van der Waals surface area (Å²) in [7, 11) is 1.63. The maximum Gasteiger partial charge on any atom is 0.123 e. The highest BCUT2D eigenvalue weighted by Crippen LogP contribution is 2.44. The normalized spacial score (nSPS) is 22.3. The van der Waals surface area contributed by atoms with Gasteiger partial charge in [0.25, 0.3) is 0 Å². The van der Waals surface area contributed by atoms with Crippen LogP contribution in [0, 0.1) is 5.41 Å². The zero-order valence-electron chi connectivity index (χ0n) is 13.1. The minimum absolute atomic E-state index is 0.354. The van der Waals surface area contributed by atoms with E-state index in [9.17, 15) is 5.11 Å². The molecule has 116 valence electrons. The van der Waals surface area contributed by atoms with Gasteiger partial charge in [0.1, 0.15) is 11.5 Å². The molecule has 1 heterocycles. The highest BCUT2D eigenvalue weighted by Gasteiger charge is 2.35. The fourth-order valence-corrected chi connectivity index (χ4v) is 4.03. The number of likely N-dealkylation sites (tertiary alicyclic amines) is 1. The Hall–Kier alpha value is -1.22. The first-order valence-electron chi connectivity index (χ1n) is 8.29. The van der Waals surface area contributed by atoms with Crippen LogP contribution < -0.4 is 4.74 Å². The highest BCUT2D eigenvalue weighted by molar-refractivity contribution is 5.39. The van der Waals surface area contributed by atoms with E-state index in [1.807, 2.05) is 12.1 Å². The molecule has 1 aliphatic carbocycles. The number of hydrogen-bond acceptors (Lipinski definition) is 3. The van der Waals surface area contributed by atoms with E-state index >= 15 is 0 Å². The molecular formula is C18H27NO2. The van der Waals surface area contributed by atoms with Gasteiger partial charge in [0.2, 0.25) is 0 Å². The SMILES string of the molecule is COc1ccc(CN2CCC3(CCCCC3)CC2)c(O)c1. The molecule has 1 aromatic carbocycles. The number of ether oxygens (including phenoxy) is 1. The van der Waals surface area contributed by atoms with E-state index in [1.165, 1.54) is 58.0 Å². The molecule has 0 bridgehead atoms. The van der Waals surface area contributed by atoms with Crippen molar-refractivity contribution >= 4 is 0 Å². The van der Waals surface area contributed by atoms with Crippen LogP contribution in [-0.2, 0) is 6.54 Å². The summed E-state index contributed by atoms with van der Waals surface area (Å²) in [4.78, 5) is 2.49. The maximum absolute atomic E-state index is 10.1. The average Bonchev–Trinajstić information content (AvgIpc) is 2.52. The van der Waals surface area contributed by atoms with Crippen LogP contribution in [0.2, 0.25) is 0 Å². The number of aromatic hydroxyl groups is 1. The maximum atomic E-state index is 10.1. The highest BCUT2D eigenvalue weighted by atomic mass is 16.5. The van der Waals surface area contributed by atoms with Gasteiger partial charge >= 0.3 is 0 Å². The lowest BCUT2D eigenvalue weighted by atomic mass is 9.68. The zero-order chi connectivity index (χ0) is 14.7. The van der Waals surface area contributed by atoms with E-state index in [2.05, 4.69) is 4.90 Å². The Balaban J connectivity index is 1.57. The van der Waals surface area contributed by atoms with E-state index < -0.39 is 0 Å². The van der Waals surface area contributed by atoms with Crippen molar-refractivity contribution in [1.29, 1.82) is 0 Å². The summed E-state index contributed by atoms with van der Waals surface area (Å²) in [5, 5.41) is 10.1. The van der Waals surface area contributed by atoms with Gasteiger partial charge in [-0.3, -0.25) is 4.90 Å². The number of phenolic OH excluding ortho intramolecular Hbond substituents is 1. The molecule has 1 aliphatic heterocycles. The van der Waals surface area contributed by atoms with Crippen LogP contribution in [-0.4, -0.2) is 30.2 Å². The van der Waals surface area contributed by atoms with Crippen molar-refractivity contribution in [3.8, 4) is 11.5 Å². The summed E-state index contributed by atoms with van der Waals surface area (Å²) in [5.74, 6) is 1.07. The van der Waals surface area contributed by atoms with Gasteiger partial charge in [-0.15, -0.1) is 0 Å². The molecule has 1 saturated carbocycles. The quantitative estimate of drug-likeness (QED) is 0.914. The summed E-state index contributed by atoms with van der Waals surface area (Å²) in [6.45, 7) is 3.20. The molecule has 0 atom stereocenters. The number of phenols is 1. The standard InChI is InChI=1S/C18H27NO2/c1-21-16-6-5-15(17(20)13-16)14-19-11-9-18(10-12-19)7-3-2-4-8-18/h5-6,13,20H,2-4,7-12,14H2,1H3. The van der Waals surface area contributed by atoms with Crippen LogP contribution in [0.3, 0.4) is 0 Å². The number of nitrogens with zero attached hydrogens (tertiary/aromatic N) is 1. The third-order valence-corrected chi connectivity index (χ3v) is 5.52. The number of methoxy groups -OCH3 is 1. The van der Waals surface area contributed by atoms with E-state index in [1.54, 1.807) is 13.2 Å². The Morgan fingerprint density at radius 1 is 1.10 bits per heavy atom. The van der Waals surface area contributed by atoms with Gasteiger partial charge in [-0.25, -0.2) is 0 Å². The van der Waals surface area contributed by atoms with E-state index in [-0.39, 0.29) is 0 Å². The molecule has 2 fully saturated rings. The second-order valence-corrected chi connectivity index (χ2v) is 6.83. The molecule has 1 aromatic rings. The summed E-state index contributed by atoms with van der Waals surface area (Å²) >= 11 is 0. The van der Waals surface area contributed by atoms with Crippen LogP contribution in [0.25, 0.3) is 0 Å². The Morgan fingerprint density at radius 2 is 1.81 bits per heavy atom. The predicted octanol–water partition coefficient (Wildman–Crippen LogP) is 3.95. The molecule has 0 unspecified atom stereocenters. The third-order valence-electron chi connectivity index (χ3n) is 5.52. The molecule has 3 nitrogen and oxygen atoms in total. The van der Waals surface area contributed by atoms with Gasteiger partial charge in [-0.1, -0.05) is 25.3 Å². The molecule has 1 N–H and O–H groups in total. The lowest BCUT2D eigenvalue weighted by Crippen LogP contribution is -2.40. The van der Waals surface area contributed by atoms with Crippen LogP contribution in [0.15, 0.2) is 18.2 Å². The van der Waals surface area contributed by atoms with Crippen LogP contribution in [0.4, 0.5) is 0 Å². The average molecular weight is 289 g/mol. The predicted molar refractivity (Wildman–Crippen MR) is 84.7 cm³/mol. The Bertz CT molecular complexity index is 470. The van der Waals surface area contributed by atoms with Crippen molar-refractivity contribution in [2.45, 2.75) is 51.5 Å². The Labute approximate surface area is 127 Å². The smallest absolute Gasteiger partial charge is 0.123 e. The number of benzene rings is 1. The largest absolute Gasteiger partial charge is 0.507 e. The molecule has 1 spiro atoms. The molecule has 21 heavy (non-hydrogen) atoms. The van der Waals surface area contributed by atoms with Gasteiger partial charge in [-0.05, 0) is 50.3 Å². The molecular weight excluding hydrogens is 262 g/mol. The van der Waals surface area contributed by atoms with Crippen molar-refractivity contribution in [3.63, 3.8) is 0 Å². The van der Waals surface area contributed by atoms with Crippen molar-refractivity contribution < 1.29 is 9.84 Å². The van der Waals surface area contributed by atoms with Crippen LogP contribution >= 0.6 is 0 Å². The Kier molecular flexibility index (Phi) is 4.39. The topological polar surface area (TPSA) is 32.7 Å². The van der Waals surface area contributed by atoms with E-state index in [0.717, 1.165) is 17.9 Å². The van der Waals surface area contributed by atoms with Gasteiger partial charge in [0.05, 0.1) is 7.11 Å². The minimum Gasteiger partial charge on any atom is -0.507 e. The fourth-order valence-electron chi connectivity index (χ4n) is 4.03. The fraction of sp³-hybridized carbons (Fsp3) is 0.667. The molecule has 0 aromatic heterocycles. The monoisotopic (exact) mass is 289 g/mol. The second kappa shape index (κ2) is 6.27. The lowest BCUT2D eigenvalue weighted by molar-refractivity contribution is 0.0638. The molecule has 0 amide bonds. The van der Waals surface area contributed by atoms with E-state index in [4.69, 9.17) is 4.74 Å². The molecule has 3 rings (SSSR count). The van der Waals surface area contributed by atoms with Gasteiger partial charge in [0, 0.05) is 18.2 Å². The van der Waals surface area contributed by atoms with Crippen molar-refractivity contribution in [1.82, 2.24) is 4.90 Å². The number of piperidine rings is 1. The van der Waals surface area contributed by atoms with Crippen LogP contribution in [0.5, 0.6) is 11.5 Å². The van der Waals surface area contributed by atoms with Gasteiger partial charge in [0.15, 0.2) is 0 Å². The molecule has 3 heteroatoms. The Morgan fingerprint density at radius 3 is 2.43 bits per heavy atom. The first-order valence-corrected chi connectivity index (χ1v) is 8.29. The first-order chi connectivity index (χ1) is 10.2. The summed E-state index contributed by atoms with van der Waals surface area (Å²) < 4.78 is 5.14. The van der Waals surface area contributed by atoms with Crippen molar-refractivity contribution in [2.24, 2.45) is 5.41 Å². The lowest BCUT2D eigenvalue weighted by Gasteiger charge is -2.44. The number of rotatable bonds is 3. The van der Waals surface area contributed by atoms with Crippen molar-refractivity contribution in [2.75, 3.05) is 20.2 Å². The minimum atomic E-state index is 0.354. The summed E-state index contributed by atoms with van der Waals surface area (Å²) in [6, 6.07) is 5.63. The first kappa shape index (κ1) is 14.7. The third kappa shape index (κ3) is 3.34. The summed E-state index contributed by atoms with van der Waals surface area (Å²) in [6.07, 6.45) is 9.85. The molecule has 0 radical (unpaired) electrons. The van der Waals surface area contributed by atoms with Gasteiger partial charge in [-0.2, -0.15) is 0 Å². The van der Waals surface area contributed by atoms with E-state index in [0.29, 0.717) is 11.2 Å². The number of hydrogen-bond donors (Lipinski definition) is 1. The van der Waals surface area contributed by atoms with Gasteiger partial charge < -0.3 is 9.84 Å². The van der Waals surface area contributed by atoms with Crippen molar-refractivity contribution in [3.05, 3.63) is 23.8 Å². The molecule has 1 saturated heterocycles. The van der Waals surface area contributed by atoms with Crippen LogP contribution in [0.1, 0.15) is 50.5 Å². The second-order valence-electron chi connectivity index (χ2n) is 6.83. The molecule has 2 aliphatic rings.